The van der Waals surface area contributed by atoms with Crippen molar-refractivity contribution in [1.29, 1.82) is 0 Å². The van der Waals surface area contributed by atoms with Gasteiger partial charge in [-0.3, -0.25) is 0 Å². The predicted molar refractivity (Wildman–Crippen MR) is 402 cm³/mol. The topological polar surface area (TPSA) is 75.9 Å². The van der Waals surface area contributed by atoms with Crippen LogP contribution in [0.2, 0.25) is 0 Å². The van der Waals surface area contributed by atoms with Crippen LogP contribution in [0.25, 0.3) is 83.6 Å². The Kier molecular flexibility index (Phi) is 26.1. The molecule has 6 nitrogen and oxygen atoms in total. The summed E-state index contributed by atoms with van der Waals surface area (Å²) in [6, 6.07) is 82.6. The summed E-state index contributed by atoms with van der Waals surface area (Å²) in [5, 5.41) is 16.4. The molecule has 0 saturated heterocycles. The summed E-state index contributed by atoms with van der Waals surface area (Å²) in [7, 11) is 0. The van der Waals surface area contributed by atoms with E-state index in [9.17, 15) is 0 Å². The number of nitrogens with zero attached hydrogens (tertiary/aromatic N) is 6. The fourth-order valence-electron chi connectivity index (χ4n) is 12.2. The van der Waals surface area contributed by atoms with Gasteiger partial charge in [0.1, 0.15) is 0 Å². The van der Waals surface area contributed by atoms with Gasteiger partial charge in [0, 0.05) is 22.3 Å². The monoisotopic (exact) mass is 1300 g/mol. The number of aryl methyl sites for hydroxylation is 3. The van der Waals surface area contributed by atoms with Gasteiger partial charge in [-0.15, -0.1) is 11.4 Å². The molecule has 9 aromatic carbocycles. The predicted octanol–water partition coefficient (Wildman–Crippen LogP) is 25.9. The Bertz CT molecular complexity index is 4030. The van der Waals surface area contributed by atoms with Gasteiger partial charge < -0.3 is 4.98 Å². The molecule has 0 N–H and O–H groups in total. The number of hydrogen-bond acceptors (Lipinski definition) is 3. The van der Waals surface area contributed by atoms with Gasteiger partial charge in [0.2, 0.25) is 0 Å². The first-order valence-corrected chi connectivity index (χ1v) is 34.2. The first-order valence-electron chi connectivity index (χ1n) is 34.2. The number of hydrogen-bond donors (Lipinski definition) is 0. The zero-order chi connectivity index (χ0) is 66.6. The summed E-state index contributed by atoms with van der Waals surface area (Å²) < 4.78 is 0. The van der Waals surface area contributed by atoms with E-state index in [1.54, 1.807) is 0 Å². The van der Waals surface area contributed by atoms with Crippen LogP contribution >= 0.6 is 0 Å². The van der Waals surface area contributed by atoms with Crippen molar-refractivity contribution in [2.75, 3.05) is 0 Å². The molecule has 0 aliphatic carbocycles. The van der Waals surface area contributed by atoms with Gasteiger partial charge in [0.15, 0.2) is 0 Å². The van der Waals surface area contributed by atoms with Gasteiger partial charge in [0.05, 0.1) is 22.5 Å². The second-order valence-corrected chi connectivity index (χ2v) is 27.2. The molecule has 7 heteroatoms. The summed E-state index contributed by atoms with van der Waals surface area (Å²) >= 11 is 0. The number of aromatic nitrogens is 1. The molecule has 1 radical (unpaired) electrons. The van der Waals surface area contributed by atoms with Crippen molar-refractivity contribution in [3.63, 3.8) is 0 Å². The second kappa shape index (κ2) is 34.5. The summed E-state index contributed by atoms with van der Waals surface area (Å²) in [5.41, 5.74) is 25.0. The number of rotatable bonds is 22. The van der Waals surface area contributed by atoms with Crippen molar-refractivity contribution in [2.24, 2.45) is 37.5 Å². The molecule has 2 heterocycles. The molecule has 0 atom stereocenters. The van der Waals surface area contributed by atoms with Crippen molar-refractivity contribution in [3.05, 3.63) is 282 Å². The molecule has 11 rings (SSSR count). The molecule has 489 valence electrons. The molecule has 0 fully saturated rings. The third kappa shape index (κ3) is 19.6. The number of benzene rings is 9. The Morgan fingerprint density at radius 3 is 1.12 bits per heavy atom. The van der Waals surface area contributed by atoms with Crippen molar-refractivity contribution in [3.8, 4) is 78.0 Å². The second-order valence-electron chi connectivity index (χ2n) is 27.2. The molecular weight excluding hydrogens is 1200 g/mol. The Labute approximate surface area is 579 Å². The Morgan fingerprint density at radius 2 is 0.768 bits per heavy atom. The molecule has 95 heavy (non-hydrogen) atoms. The molecule has 10 aromatic rings. The van der Waals surface area contributed by atoms with Gasteiger partial charge in [-0.1, -0.05) is 279 Å². The number of unbranched alkanes of at least 4 members (excludes halogenated alkanes) is 3. The molecule has 0 amide bonds. The van der Waals surface area contributed by atoms with E-state index < -0.39 is 0 Å². The average molecular weight is 1300 g/mol. The SMILES string of the molecule is CC(C)CCC(C)(C)N=NN=NC(C)(C)CCC(C)C.CCCCCC.Cc1cc(C)c(/C(=C2\C=CC(c3c(-c4ccccc4)cc(-c4ccccc4)cc3-c3ccccc3)=N2)c2ccc(-c3c(-c4ccccc4)cc(-c4ccccc4)cc3-c3ccccc3)[n-]2)c(C)c1.[Co]. The van der Waals surface area contributed by atoms with E-state index in [2.05, 4.69) is 353 Å². The largest absolute Gasteiger partial charge is 0.657 e. The third-order valence-corrected chi connectivity index (χ3v) is 17.4. The molecule has 0 unspecified atom stereocenters. The molecule has 0 saturated carbocycles. The maximum atomic E-state index is 5.69. The smallest absolute Gasteiger partial charge is 0.0783 e. The standard InChI is InChI=1S/C66H49N2.C16H34N4.C6H14.Co/c1-44-38-45(2)63(46(3)39-44)66(61-36-34-59(67-61)64-55(49-26-14-6-15-27-49)40-53(47-22-10-4-11-23-47)41-56(64)50-28-16-7-17-29-50)62-37-35-60(68-62)65-57(51-30-18-8-19-31-51)42-54(48-24-12-5-13-25-48)43-58(65)52-32-20-9-21-33-52;1-13(2)9-11-15(5,6)17-19-20-18-16(7,8)12-10-14(3)4;1-3-5-6-4-2;/h4-43H,1-3H3;13-14H,9-12H2,1-8H3;3-6H2,1-2H3;/q-1;;;/b66-61+;;;. The molecule has 1 aliphatic rings. The van der Waals surface area contributed by atoms with Crippen molar-refractivity contribution >= 4 is 11.3 Å². The maximum Gasteiger partial charge on any atom is 0.0783 e. The first kappa shape index (κ1) is 72.0. The molecule has 0 spiro atoms. The Balaban J connectivity index is 0.000000362. The van der Waals surface area contributed by atoms with Crippen LogP contribution in [0.1, 0.15) is 154 Å². The van der Waals surface area contributed by atoms with Gasteiger partial charge in [-0.25, -0.2) is 4.99 Å². The van der Waals surface area contributed by atoms with E-state index in [0.717, 1.165) is 126 Å². The van der Waals surface area contributed by atoms with Crippen LogP contribution in [0, 0.1) is 32.6 Å². The van der Waals surface area contributed by atoms with E-state index in [1.165, 1.54) is 53.5 Å². The van der Waals surface area contributed by atoms with E-state index in [4.69, 9.17) is 9.98 Å². The fraction of sp³-hybridized carbons (Fsp3) is 0.284. The van der Waals surface area contributed by atoms with Crippen LogP contribution in [0.5, 0.6) is 0 Å². The average Bonchev–Trinajstić information content (AvgIpc) is 1.74. The summed E-state index contributed by atoms with van der Waals surface area (Å²) in [6.45, 7) is 28.4. The van der Waals surface area contributed by atoms with Crippen LogP contribution in [0.15, 0.2) is 274 Å². The van der Waals surface area contributed by atoms with Crippen molar-refractivity contribution < 1.29 is 16.8 Å². The summed E-state index contributed by atoms with van der Waals surface area (Å²) in [6.07, 6.45) is 14.3. The minimum atomic E-state index is -0.147. The number of aliphatic imine (C=N–C) groups is 1. The minimum Gasteiger partial charge on any atom is -0.657 e. The van der Waals surface area contributed by atoms with Crippen molar-refractivity contribution in [2.45, 2.75) is 152 Å². The zero-order valence-electron chi connectivity index (χ0n) is 58.4. The quantitative estimate of drug-likeness (QED) is 0.0378. The van der Waals surface area contributed by atoms with Gasteiger partial charge in [-0.2, -0.15) is 10.2 Å². The fourth-order valence-corrected chi connectivity index (χ4v) is 12.2. The van der Waals surface area contributed by atoms with Gasteiger partial charge in [0.25, 0.3) is 0 Å². The molecule has 0 bridgehead atoms. The van der Waals surface area contributed by atoms with Crippen molar-refractivity contribution in [1.82, 2.24) is 4.98 Å². The minimum absolute atomic E-state index is 0. The van der Waals surface area contributed by atoms with Crippen LogP contribution in [0.4, 0.5) is 0 Å². The maximum absolute atomic E-state index is 5.69. The van der Waals surface area contributed by atoms with E-state index in [1.807, 2.05) is 0 Å². The van der Waals surface area contributed by atoms with Crippen LogP contribution < -0.4 is 4.98 Å². The van der Waals surface area contributed by atoms with Crippen LogP contribution in [0.3, 0.4) is 0 Å². The first-order chi connectivity index (χ1) is 45.4. The Morgan fingerprint density at radius 1 is 0.421 bits per heavy atom. The zero-order valence-corrected chi connectivity index (χ0v) is 59.5. The van der Waals surface area contributed by atoms with Gasteiger partial charge in [-0.05, 0) is 227 Å². The normalized spacial score (nSPS) is 12.8. The summed E-state index contributed by atoms with van der Waals surface area (Å²) in [5.74, 6) is 1.39. The van der Waals surface area contributed by atoms with Crippen LogP contribution in [-0.2, 0) is 16.8 Å². The van der Waals surface area contributed by atoms with E-state index in [0.29, 0.717) is 11.8 Å². The summed E-state index contributed by atoms with van der Waals surface area (Å²) in [4.78, 5) is 11.4. The molecule has 1 aromatic heterocycles. The number of allylic oxidation sites excluding steroid dienone is 2. The molecule has 1 aliphatic heterocycles. The Hall–Kier alpha value is -8.88. The van der Waals surface area contributed by atoms with E-state index >= 15 is 0 Å². The van der Waals surface area contributed by atoms with Crippen LogP contribution in [-0.4, -0.2) is 16.8 Å². The van der Waals surface area contributed by atoms with E-state index in [-0.39, 0.29) is 27.9 Å². The van der Waals surface area contributed by atoms with Gasteiger partial charge >= 0.3 is 0 Å². The third-order valence-electron chi connectivity index (χ3n) is 17.4. The molecular formula is C88H97CoN6-.